The van der Waals surface area contributed by atoms with Crippen molar-refractivity contribution in [3.63, 3.8) is 0 Å². The molecular formula is C24H28ClN3O3. The van der Waals surface area contributed by atoms with Gasteiger partial charge in [-0.3, -0.25) is 4.79 Å². The van der Waals surface area contributed by atoms with E-state index in [0.717, 1.165) is 42.4 Å². The summed E-state index contributed by atoms with van der Waals surface area (Å²) >= 11 is 0. The molecule has 1 aliphatic carbocycles. The van der Waals surface area contributed by atoms with Crippen LogP contribution in [0.15, 0.2) is 54.6 Å². The lowest BCUT2D eigenvalue weighted by Gasteiger charge is -2.30. The largest absolute Gasteiger partial charge is 0.497 e. The number of halogens is 1. The van der Waals surface area contributed by atoms with Gasteiger partial charge in [0, 0.05) is 29.1 Å². The molecule has 0 spiro atoms. The van der Waals surface area contributed by atoms with Crippen molar-refractivity contribution in [3.05, 3.63) is 60.2 Å². The molecule has 164 valence electrons. The molecule has 6 nitrogen and oxygen atoms in total. The zero-order valence-corrected chi connectivity index (χ0v) is 18.6. The Morgan fingerprint density at radius 2 is 1.55 bits per heavy atom. The molecule has 2 N–H and O–H groups in total. The number of nitrogens with zero attached hydrogens (tertiary/aromatic N) is 1. The van der Waals surface area contributed by atoms with Crippen molar-refractivity contribution in [2.75, 3.05) is 19.5 Å². The molecule has 1 saturated carbocycles. The SMILES string of the molecule is COc1cc(OC)cc(C(=O)N[C@H]2CC[C@@H](Nc3ccc4ccccc4n3)CC2)c1.Cl. The van der Waals surface area contributed by atoms with Crippen molar-refractivity contribution < 1.29 is 14.3 Å². The van der Waals surface area contributed by atoms with Gasteiger partial charge < -0.3 is 20.1 Å². The van der Waals surface area contributed by atoms with E-state index in [-0.39, 0.29) is 24.4 Å². The number of benzene rings is 2. The second-order valence-corrected chi connectivity index (χ2v) is 7.66. The number of carbonyl (C=O) groups is 1. The normalized spacial score (nSPS) is 18.0. The number of anilines is 1. The first-order valence-corrected chi connectivity index (χ1v) is 10.3. The Kier molecular flexibility index (Phi) is 7.58. The zero-order valence-electron chi connectivity index (χ0n) is 17.8. The zero-order chi connectivity index (χ0) is 20.9. The third kappa shape index (κ3) is 5.58. The smallest absolute Gasteiger partial charge is 0.251 e. The molecule has 0 aliphatic heterocycles. The molecule has 31 heavy (non-hydrogen) atoms. The minimum atomic E-state index is -0.0974. The number of nitrogens with one attached hydrogen (secondary N) is 2. The average Bonchev–Trinajstić information content (AvgIpc) is 2.79. The summed E-state index contributed by atoms with van der Waals surface area (Å²) in [4.78, 5) is 17.4. The Morgan fingerprint density at radius 3 is 2.23 bits per heavy atom. The maximum Gasteiger partial charge on any atom is 0.251 e. The third-order valence-corrected chi connectivity index (χ3v) is 5.63. The van der Waals surface area contributed by atoms with Gasteiger partial charge in [-0.2, -0.15) is 0 Å². The van der Waals surface area contributed by atoms with E-state index in [9.17, 15) is 4.79 Å². The molecule has 0 saturated heterocycles. The first kappa shape index (κ1) is 22.7. The van der Waals surface area contributed by atoms with Crippen LogP contribution in [0.2, 0.25) is 0 Å². The number of pyridine rings is 1. The van der Waals surface area contributed by atoms with Crippen LogP contribution in [0.1, 0.15) is 36.0 Å². The molecule has 2 aromatic carbocycles. The Balaban J connectivity index is 0.00000272. The molecule has 0 bridgehead atoms. The van der Waals surface area contributed by atoms with Crippen LogP contribution in [0.25, 0.3) is 10.9 Å². The molecule has 1 aliphatic rings. The Morgan fingerprint density at radius 1 is 0.903 bits per heavy atom. The predicted octanol–water partition coefficient (Wildman–Crippen LogP) is 4.83. The molecule has 7 heteroatoms. The molecule has 0 atom stereocenters. The summed E-state index contributed by atoms with van der Waals surface area (Å²) in [6, 6.07) is 18.0. The molecule has 1 amide bonds. The lowest BCUT2D eigenvalue weighted by atomic mass is 9.91. The fraction of sp³-hybridized carbons (Fsp3) is 0.333. The van der Waals surface area contributed by atoms with Crippen LogP contribution in [0.3, 0.4) is 0 Å². The van der Waals surface area contributed by atoms with E-state index in [1.54, 1.807) is 32.4 Å². The standard InChI is InChI=1S/C24H27N3O3.ClH/c1-29-20-13-17(14-21(15-20)30-2)24(28)26-19-10-8-18(9-11-19)25-23-12-7-16-5-3-4-6-22(16)27-23;/h3-7,12-15,18-19H,8-11H2,1-2H3,(H,25,27)(H,26,28);1H/t18-,19+;. The number of fused-ring (bicyclic) bond motifs is 1. The summed E-state index contributed by atoms with van der Waals surface area (Å²) in [7, 11) is 3.16. The summed E-state index contributed by atoms with van der Waals surface area (Å²) in [5.41, 5.74) is 1.55. The highest BCUT2D eigenvalue weighted by Gasteiger charge is 2.23. The predicted molar refractivity (Wildman–Crippen MR) is 126 cm³/mol. The monoisotopic (exact) mass is 441 g/mol. The van der Waals surface area contributed by atoms with Gasteiger partial charge in [-0.05, 0) is 56.0 Å². The quantitative estimate of drug-likeness (QED) is 0.573. The van der Waals surface area contributed by atoms with Crippen LogP contribution < -0.4 is 20.1 Å². The molecule has 1 fully saturated rings. The molecule has 4 rings (SSSR count). The first-order chi connectivity index (χ1) is 14.6. The van der Waals surface area contributed by atoms with E-state index in [2.05, 4.69) is 22.8 Å². The Hall–Kier alpha value is -2.99. The maximum atomic E-state index is 12.7. The van der Waals surface area contributed by atoms with Gasteiger partial charge in [-0.25, -0.2) is 4.98 Å². The minimum Gasteiger partial charge on any atom is -0.497 e. The number of methoxy groups -OCH3 is 2. The number of hydrogen-bond donors (Lipinski definition) is 2. The van der Waals surface area contributed by atoms with Crippen molar-refractivity contribution >= 4 is 35.0 Å². The maximum absolute atomic E-state index is 12.7. The van der Waals surface area contributed by atoms with Crippen molar-refractivity contribution in [3.8, 4) is 11.5 Å². The van der Waals surface area contributed by atoms with Crippen LogP contribution in [-0.2, 0) is 0 Å². The molecular weight excluding hydrogens is 414 g/mol. The van der Waals surface area contributed by atoms with Gasteiger partial charge in [0.1, 0.15) is 17.3 Å². The number of hydrogen-bond acceptors (Lipinski definition) is 5. The fourth-order valence-corrected chi connectivity index (χ4v) is 3.94. The molecule has 0 unspecified atom stereocenters. The second kappa shape index (κ2) is 10.4. The van der Waals surface area contributed by atoms with Gasteiger partial charge in [0.15, 0.2) is 0 Å². The second-order valence-electron chi connectivity index (χ2n) is 7.66. The van der Waals surface area contributed by atoms with E-state index in [1.165, 1.54) is 0 Å². The number of rotatable bonds is 6. The lowest BCUT2D eigenvalue weighted by molar-refractivity contribution is 0.0926. The summed E-state index contributed by atoms with van der Waals surface area (Å²) < 4.78 is 10.5. The number of carbonyl (C=O) groups excluding carboxylic acids is 1. The third-order valence-electron chi connectivity index (χ3n) is 5.63. The Labute approximate surface area is 188 Å². The van der Waals surface area contributed by atoms with Gasteiger partial charge in [0.2, 0.25) is 0 Å². The highest BCUT2D eigenvalue weighted by Crippen LogP contribution is 2.25. The van der Waals surface area contributed by atoms with Gasteiger partial charge in [-0.1, -0.05) is 18.2 Å². The van der Waals surface area contributed by atoms with Gasteiger partial charge in [0.05, 0.1) is 19.7 Å². The Bertz CT molecular complexity index is 1010. The number of ether oxygens (including phenoxy) is 2. The van der Waals surface area contributed by atoms with Gasteiger partial charge in [-0.15, -0.1) is 12.4 Å². The lowest BCUT2D eigenvalue weighted by Crippen LogP contribution is -2.40. The van der Waals surface area contributed by atoms with E-state index in [1.807, 2.05) is 24.3 Å². The van der Waals surface area contributed by atoms with Crippen LogP contribution >= 0.6 is 12.4 Å². The highest BCUT2D eigenvalue weighted by molar-refractivity contribution is 5.95. The molecule has 1 heterocycles. The van der Waals surface area contributed by atoms with E-state index < -0.39 is 0 Å². The van der Waals surface area contributed by atoms with Crippen molar-refractivity contribution in [1.82, 2.24) is 10.3 Å². The summed E-state index contributed by atoms with van der Waals surface area (Å²) in [6.07, 6.45) is 3.83. The van der Waals surface area contributed by atoms with Crippen LogP contribution in [0.4, 0.5) is 5.82 Å². The molecule has 1 aromatic heterocycles. The number of amides is 1. The summed E-state index contributed by atoms with van der Waals surface area (Å²) in [5.74, 6) is 2.02. The van der Waals surface area contributed by atoms with Gasteiger partial charge >= 0.3 is 0 Å². The van der Waals surface area contributed by atoms with Crippen LogP contribution in [-0.4, -0.2) is 37.2 Å². The molecule has 0 radical (unpaired) electrons. The topological polar surface area (TPSA) is 72.5 Å². The fourth-order valence-electron chi connectivity index (χ4n) is 3.94. The summed E-state index contributed by atoms with van der Waals surface area (Å²) in [6.45, 7) is 0. The van der Waals surface area contributed by atoms with Crippen molar-refractivity contribution in [2.24, 2.45) is 0 Å². The van der Waals surface area contributed by atoms with Crippen molar-refractivity contribution in [2.45, 2.75) is 37.8 Å². The van der Waals surface area contributed by atoms with E-state index >= 15 is 0 Å². The van der Waals surface area contributed by atoms with Crippen LogP contribution in [0, 0.1) is 0 Å². The van der Waals surface area contributed by atoms with E-state index in [4.69, 9.17) is 14.5 Å². The van der Waals surface area contributed by atoms with E-state index in [0.29, 0.717) is 23.1 Å². The summed E-state index contributed by atoms with van der Waals surface area (Å²) in [5, 5.41) is 7.85. The number of para-hydroxylation sites is 1. The minimum absolute atomic E-state index is 0. The highest BCUT2D eigenvalue weighted by atomic mass is 35.5. The first-order valence-electron chi connectivity index (χ1n) is 10.3. The van der Waals surface area contributed by atoms with Crippen LogP contribution in [0.5, 0.6) is 11.5 Å². The van der Waals surface area contributed by atoms with Gasteiger partial charge in [0.25, 0.3) is 5.91 Å². The van der Waals surface area contributed by atoms with Crippen molar-refractivity contribution in [1.29, 1.82) is 0 Å². The average molecular weight is 442 g/mol. The number of aromatic nitrogens is 1. The molecule has 3 aromatic rings.